The molecule has 23 heavy (non-hydrogen) atoms. The number of carbonyl (C=O) groups is 1. The Hall–Kier alpha value is -1.40. The monoisotopic (exact) mass is 338 g/mol. The van der Waals surface area contributed by atoms with Crippen molar-refractivity contribution < 1.29 is 13.2 Å². The van der Waals surface area contributed by atoms with Gasteiger partial charge in [0.1, 0.15) is 0 Å². The van der Waals surface area contributed by atoms with Gasteiger partial charge in [-0.05, 0) is 50.3 Å². The molecule has 1 aliphatic rings. The molecule has 1 heterocycles. The van der Waals surface area contributed by atoms with E-state index in [0.717, 1.165) is 19.3 Å². The van der Waals surface area contributed by atoms with Crippen LogP contribution in [0, 0.1) is 5.92 Å². The maximum atomic E-state index is 12.7. The number of sulfonamides is 1. The largest absolute Gasteiger partial charge is 0.350 e. The molecular formula is C17H26N2O3S. The molecule has 5 nitrogen and oxygen atoms in total. The topological polar surface area (TPSA) is 66.5 Å². The van der Waals surface area contributed by atoms with Crippen LogP contribution in [-0.4, -0.2) is 37.8 Å². The quantitative estimate of drug-likeness (QED) is 0.897. The summed E-state index contributed by atoms with van der Waals surface area (Å²) in [6.07, 6.45) is 2.59. The highest BCUT2D eigenvalue weighted by Gasteiger charge is 2.28. The number of amides is 1. The van der Waals surface area contributed by atoms with E-state index in [0.29, 0.717) is 24.6 Å². The molecule has 1 N–H and O–H groups in total. The Labute approximate surface area is 139 Å². The summed E-state index contributed by atoms with van der Waals surface area (Å²) in [6.45, 7) is 7.15. The summed E-state index contributed by atoms with van der Waals surface area (Å²) < 4.78 is 27.0. The number of carbonyl (C=O) groups excluding carboxylic acids is 1. The van der Waals surface area contributed by atoms with Crippen molar-refractivity contribution in [3.63, 3.8) is 0 Å². The van der Waals surface area contributed by atoms with Gasteiger partial charge in [0.05, 0.1) is 4.90 Å². The molecule has 6 heteroatoms. The van der Waals surface area contributed by atoms with Crippen molar-refractivity contribution in [1.29, 1.82) is 0 Å². The number of rotatable bonds is 5. The van der Waals surface area contributed by atoms with Crippen LogP contribution in [0.15, 0.2) is 29.2 Å². The van der Waals surface area contributed by atoms with E-state index in [1.807, 2.05) is 13.8 Å². The lowest BCUT2D eigenvalue weighted by molar-refractivity contribution is 0.0939. The van der Waals surface area contributed by atoms with Crippen LogP contribution in [0.1, 0.15) is 50.4 Å². The highest BCUT2D eigenvalue weighted by molar-refractivity contribution is 7.89. The predicted octanol–water partition coefficient (Wildman–Crippen LogP) is 2.64. The van der Waals surface area contributed by atoms with Crippen molar-refractivity contribution in [2.45, 2.75) is 51.0 Å². The van der Waals surface area contributed by atoms with E-state index >= 15 is 0 Å². The fraction of sp³-hybridized carbons (Fsp3) is 0.588. The van der Waals surface area contributed by atoms with Crippen LogP contribution in [0.5, 0.6) is 0 Å². The number of nitrogens with zero attached hydrogens (tertiary/aromatic N) is 1. The van der Waals surface area contributed by atoms with Gasteiger partial charge in [-0.2, -0.15) is 4.31 Å². The lowest BCUT2D eigenvalue weighted by atomic mass is 10.0. The molecule has 2 rings (SSSR count). The molecule has 1 saturated heterocycles. The van der Waals surface area contributed by atoms with Gasteiger partial charge in [0.2, 0.25) is 10.0 Å². The number of hydrogen-bond donors (Lipinski definition) is 1. The minimum absolute atomic E-state index is 0.0614. The van der Waals surface area contributed by atoms with E-state index in [4.69, 9.17) is 0 Å². The summed E-state index contributed by atoms with van der Waals surface area (Å²) >= 11 is 0. The first-order valence-electron chi connectivity index (χ1n) is 8.25. The first-order valence-corrected chi connectivity index (χ1v) is 9.69. The molecule has 0 aliphatic carbocycles. The van der Waals surface area contributed by atoms with Crippen molar-refractivity contribution in [1.82, 2.24) is 9.62 Å². The van der Waals surface area contributed by atoms with Crippen molar-refractivity contribution >= 4 is 15.9 Å². The molecule has 0 spiro atoms. The number of benzene rings is 1. The van der Waals surface area contributed by atoms with Gasteiger partial charge in [-0.3, -0.25) is 4.79 Å². The van der Waals surface area contributed by atoms with Gasteiger partial charge in [-0.1, -0.05) is 19.9 Å². The fourth-order valence-electron chi connectivity index (χ4n) is 2.58. The Bertz CT molecular complexity index is 650. The average molecular weight is 338 g/mol. The van der Waals surface area contributed by atoms with E-state index < -0.39 is 10.0 Å². The molecule has 1 amide bonds. The zero-order valence-corrected chi connectivity index (χ0v) is 14.9. The first kappa shape index (κ1) is 17.9. The van der Waals surface area contributed by atoms with Crippen LogP contribution < -0.4 is 5.32 Å². The zero-order chi connectivity index (χ0) is 17.0. The summed E-state index contributed by atoms with van der Waals surface area (Å²) in [6, 6.07) is 6.38. The molecule has 0 unspecified atom stereocenters. The predicted molar refractivity (Wildman–Crippen MR) is 90.8 cm³/mol. The van der Waals surface area contributed by atoms with E-state index in [1.54, 1.807) is 18.2 Å². The highest BCUT2D eigenvalue weighted by Crippen LogP contribution is 2.24. The Morgan fingerprint density at radius 1 is 1.35 bits per heavy atom. The summed E-state index contributed by atoms with van der Waals surface area (Å²) in [5, 5.41) is 2.86. The van der Waals surface area contributed by atoms with Gasteiger partial charge in [-0.25, -0.2) is 8.42 Å². The number of piperidine rings is 1. The van der Waals surface area contributed by atoms with E-state index in [2.05, 4.69) is 12.2 Å². The smallest absolute Gasteiger partial charge is 0.251 e. The van der Waals surface area contributed by atoms with Crippen molar-refractivity contribution in [2.24, 2.45) is 5.92 Å². The summed E-state index contributed by atoms with van der Waals surface area (Å²) in [5.74, 6) is 0.331. The lowest BCUT2D eigenvalue weighted by Gasteiger charge is -2.29. The maximum absolute atomic E-state index is 12.7. The highest BCUT2D eigenvalue weighted by atomic mass is 32.2. The van der Waals surface area contributed by atoms with Crippen LogP contribution in [0.2, 0.25) is 0 Å². The molecule has 0 bridgehead atoms. The molecule has 1 aromatic rings. The average Bonchev–Trinajstić information content (AvgIpc) is 2.55. The Morgan fingerprint density at radius 3 is 2.61 bits per heavy atom. The van der Waals surface area contributed by atoms with Gasteiger partial charge < -0.3 is 5.32 Å². The first-order chi connectivity index (χ1) is 10.8. The molecule has 1 fully saturated rings. The van der Waals surface area contributed by atoms with E-state index in [-0.39, 0.29) is 16.8 Å². The SMILES string of the molecule is CC[C@@H](C)NC(=O)c1cccc(S(=O)(=O)N2CCC(C)CC2)c1. The molecule has 128 valence electrons. The van der Waals surface area contributed by atoms with Crippen LogP contribution in [0.3, 0.4) is 0 Å². The van der Waals surface area contributed by atoms with Gasteiger partial charge in [-0.15, -0.1) is 0 Å². The summed E-state index contributed by atoms with van der Waals surface area (Å²) in [4.78, 5) is 12.4. The molecule has 1 aromatic carbocycles. The van der Waals surface area contributed by atoms with Crippen molar-refractivity contribution in [3.8, 4) is 0 Å². The van der Waals surface area contributed by atoms with Gasteiger partial charge in [0.15, 0.2) is 0 Å². The fourth-order valence-corrected chi connectivity index (χ4v) is 4.10. The third kappa shape index (κ3) is 4.32. The second kappa shape index (κ2) is 7.45. The Balaban J connectivity index is 2.20. The maximum Gasteiger partial charge on any atom is 0.251 e. The van der Waals surface area contributed by atoms with Crippen molar-refractivity contribution in [3.05, 3.63) is 29.8 Å². The number of hydrogen-bond acceptors (Lipinski definition) is 3. The minimum atomic E-state index is -3.52. The van der Waals surface area contributed by atoms with Gasteiger partial charge in [0, 0.05) is 24.7 Å². The second-order valence-electron chi connectivity index (χ2n) is 6.40. The number of nitrogens with one attached hydrogen (secondary N) is 1. The lowest BCUT2D eigenvalue weighted by Crippen LogP contribution is -2.38. The standard InChI is InChI=1S/C17H26N2O3S/c1-4-14(3)18-17(20)15-6-5-7-16(12-15)23(21,22)19-10-8-13(2)9-11-19/h5-7,12-14H,4,8-11H2,1-3H3,(H,18,20)/t14-/m1/s1. The third-order valence-electron chi connectivity index (χ3n) is 4.47. The zero-order valence-electron chi connectivity index (χ0n) is 14.1. The molecule has 0 aromatic heterocycles. The van der Waals surface area contributed by atoms with Gasteiger partial charge >= 0.3 is 0 Å². The van der Waals surface area contributed by atoms with Crippen molar-refractivity contribution in [2.75, 3.05) is 13.1 Å². The molecule has 0 radical (unpaired) electrons. The van der Waals surface area contributed by atoms with E-state index in [9.17, 15) is 13.2 Å². The van der Waals surface area contributed by atoms with Gasteiger partial charge in [0.25, 0.3) is 5.91 Å². The van der Waals surface area contributed by atoms with Crippen LogP contribution in [-0.2, 0) is 10.0 Å². The molecule has 1 aliphatic heterocycles. The Kier molecular flexibility index (Phi) is 5.81. The minimum Gasteiger partial charge on any atom is -0.350 e. The molecular weight excluding hydrogens is 312 g/mol. The van der Waals surface area contributed by atoms with Crippen LogP contribution in [0.25, 0.3) is 0 Å². The summed E-state index contributed by atoms with van der Waals surface area (Å²) in [7, 11) is -3.52. The molecule has 0 saturated carbocycles. The van der Waals surface area contributed by atoms with Crippen LogP contribution in [0.4, 0.5) is 0 Å². The summed E-state index contributed by atoms with van der Waals surface area (Å²) in [5.41, 5.74) is 0.386. The molecule has 1 atom stereocenters. The third-order valence-corrected chi connectivity index (χ3v) is 6.36. The van der Waals surface area contributed by atoms with E-state index in [1.165, 1.54) is 10.4 Å². The van der Waals surface area contributed by atoms with Crippen LogP contribution >= 0.6 is 0 Å². The second-order valence-corrected chi connectivity index (χ2v) is 8.34. The Morgan fingerprint density at radius 2 is 2.00 bits per heavy atom. The normalized spacial score (nSPS) is 18.6.